The first kappa shape index (κ1) is 11.3. The van der Waals surface area contributed by atoms with Crippen molar-refractivity contribution in [1.29, 1.82) is 0 Å². The Hall–Kier alpha value is -0.780. The quantitative estimate of drug-likeness (QED) is 0.572. The van der Waals surface area contributed by atoms with E-state index in [9.17, 15) is 0 Å². The molecular formula is C14H22. The Morgan fingerprint density at radius 1 is 0.714 bits per heavy atom. The molecule has 0 saturated heterocycles. The second kappa shape index (κ2) is 3.42. The summed E-state index contributed by atoms with van der Waals surface area (Å²) in [4.78, 5) is 0. The lowest BCUT2D eigenvalue weighted by atomic mass is 9.50. The lowest BCUT2D eigenvalue weighted by Gasteiger charge is -2.54. The molecule has 2 rings (SSSR count). The number of benzene rings is 1. The van der Waals surface area contributed by atoms with Crippen molar-refractivity contribution in [2.75, 3.05) is 0 Å². The second-order valence-corrected chi connectivity index (χ2v) is 4.80. The molecule has 1 aromatic carbocycles. The minimum Gasteiger partial charge on any atom is -0.0683 e. The van der Waals surface area contributed by atoms with Crippen LogP contribution in [0.5, 0.6) is 0 Å². The van der Waals surface area contributed by atoms with Gasteiger partial charge in [-0.05, 0) is 22.0 Å². The summed E-state index contributed by atoms with van der Waals surface area (Å²) in [6.07, 6.45) is 0. The van der Waals surface area contributed by atoms with Gasteiger partial charge in [0.2, 0.25) is 0 Å². The average molecular weight is 190 g/mol. The highest BCUT2D eigenvalue weighted by Crippen LogP contribution is 2.55. The highest BCUT2D eigenvalue weighted by atomic mass is 14.5. The van der Waals surface area contributed by atoms with E-state index in [2.05, 4.69) is 52.0 Å². The highest BCUT2D eigenvalue weighted by molar-refractivity contribution is 5.52. The summed E-state index contributed by atoms with van der Waals surface area (Å²) in [5.74, 6) is 0. The summed E-state index contributed by atoms with van der Waals surface area (Å²) >= 11 is 0. The molecule has 0 heteroatoms. The molecule has 0 aliphatic heterocycles. The van der Waals surface area contributed by atoms with Gasteiger partial charge in [-0.3, -0.25) is 0 Å². The van der Waals surface area contributed by atoms with Crippen LogP contribution in [0.2, 0.25) is 0 Å². The van der Waals surface area contributed by atoms with E-state index in [-0.39, 0.29) is 0 Å². The molecule has 0 nitrogen and oxygen atoms in total. The maximum atomic E-state index is 2.33. The molecule has 0 bridgehead atoms. The first-order valence-electron chi connectivity index (χ1n) is 5.58. The molecule has 0 radical (unpaired) electrons. The Kier molecular flexibility index (Phi) is 2.76. The summed E-state index contributed by atoms with van der Waals surface area (Å²) < 4.78 is 0. The van der Waals surface area contributed by atoms with Crippen LogP contribution in [0.3, 0.4) is 0 Å². The first-order chi connectivity index (χ1) is 6.48. The summed E-state index contributed by atoms with van der Waals surface area (Å²) in [5.41, 5.74) is 3.75. The van der Waals surface area contributed by atoms with E-state index >= 15 is 0 Å². The molecule has 0 spiro atoms. The number of hydrogen-bond acceptors (Lipinski definition) is 0. The maximum absolute atomic E-state index is 2.33. The van der Waals surface area contributed by atoms with Gasteiger partial charge in [-0.25, -0.2) is 0 Å². The molecule has 78 valence electrons. The normalized spacial score (nSPS) is 19.9. The molecule has 1 aliphatic rings. The van der Waals surface area contributed by atoms with E-state index in [0.717, 1.165) is 0 Å². The summed E-state index contributed by atoms with van der Waals surface area (Å²) in [6.45, 7) is 13.3. The van der Waals surface area contributed by atoms with Gasteiger partial charge in [-0.2, -0.15) is 0 Å². The molecule has 1 aromatic rings. The fourth-order valence-corrected chi connectivity index (χ4v) is 2.18. The fourth-order valence-electron chi connectivity index (χ4n) is 2.18. The molecule has 0 aromatic heterocycles. The highest BCUT2D eigenvalue weighted by Gasteiger charge is 2.50. The topological polar surface area (TPSA) is 0 Å². The van der Waals surface area contributed by atoms with Gasteiger partial charge < -0.3 is 0 Å². The van der Waals surface area contributed by atoms with Crippen molar-refractivity contribution in [2.45, 2.75) is 52.4 Å². The number of fused-ring (bicyclic) bond motifs is 1. The Morgan fingerprint density at radius 3 is 1.29 bits per heavy atom. The summed E-state index contributed by atoms with van der Waals surface area (Å²) in [5, 5.41) is 0. The van der Waals surface area contributed by atoms with Crippen molar-refractivity contribution in [3.8, 4) is 0 Å². The predicted octanol–water partition coefficient (Wildman–Crippen LogP) is 4.28. The van der Waals surface area contributed by atoms with Crippen molar-refractivity contribution >= 4 is 0 Å². The maximum Gasteiger partial charge on any atom is -0.000900 e. The molecule has 0 unspecified atom stereocenters. The zero-order valence-corrected chi connectivity index (χ0v) is 10.3. The second-order valence-electron chi connectivity index (χ2n) is 4.80. The molecule has 14 heavy (non-hydrogen) atoms. The van der Waals surface area contributed by atoms with E-state index in [0.29, 0.717) is 10.8 Å². The van der Waals surface area contributed by atoms with Crippen molar-refractivity contribution in [1.82, 2.24) is 0 Å². The van der Waals surface area contributed by atoms with Crippen LogP contribution in [0, 0.1) is 0 Å². The molecule has 0 atom stereocenters. The minimum absolute atomic E-state index is 0.351. The van der Waals surface area contributed by atoms with Crippen LogP contribution in [-0.4, -0.2) is 0 Å². The van der Waals surface area contributed by atoms with Crippen molar-refractivity contribution < 1.29 is 0 Å². The monoisotopic (exact) mass is 190 g/mol. The van der Waals surface area contributed by atoms with Gasteiger partial charge in [0, 0.05) is 0 Å². The molecule has 0 saturated carbocycles. The van der Waals surface area contributed by atoms with Gasteiger partial charge in [0.1, 0.15) is 0 Å². The fraction of sp³-hybridized carbons (Fsp3) is 0.571. The van der Waals surface area contributed by atoms with Gasteiger partial charge in [0.15, 0.2) is 0 Å². The molecule has 0 amide bonds. The van der Waals surface area contributed by atoms with E-state index in [1.165, 1.54) is 11.1 Å². The largest absolute Gasteiger partial charge is 0.0683 e. The van der Waals surface area contributed by atoms with Crippen molar-refractivity contribution in [2.24, 2.45) is 0 Å². The third-order valence-electron chi connectivity index (χ3n) is 3.84. The predicted molar refractivity (Wildman–Crippen MR) is 63.8 cm³/mol. The van der Waals surface area contributed by atoms with Gasteiger partial charge in [0.25, 0.3) is 0 Å². The van der Waals surface area contributed by atoms with Crippen LogP contribution in [0.15, 0.2) is 24.3 Å². The molecule has 1 aliphatic carbocycles. The van der Waals surface area contributed by atoms with Crippen LogP contribution in [0.25, 0.3) is 0 Å². The Labute approximate surface area is 88.4 Å². The van der Waals surface area contributed by atoms with Crippen LogP contribution >= 0.6 is 0 Å². The Balaban J connectivity index is 0.000000461. The van der Waals surface area contributed by atoms with Crippen molar-refractivity contribution in [3.05, 3.63) is 35.4 Å². The van der Waals surface area contributed by atoms with Gasteiger partial charge in [-0.15, -0.1) is 0 Å². The van der Waals surface area contributed by atoms with Crippen molar-refractivity contribution in [3.63, 3.8) is 0 Å². The van der Waals surface area contributed by atoms with E-state index in [4.69, 9.17) is 0 Å². The Morgan fingerprint density at radius 2 is 1.00 bits per heavy atom. The van der Waals surface area contributed by atoms with Crippen LogP contribution in [0.4, 0.5) is 0 Å². The summed E-state index contributed by atoms with van der Waals surface area (Å²) in [6, 6.07) is 8.77. The molecule has 0 heterocycles. The van der Waals surface area contributed by atoms with Crippen LogP contribution in [-0.2, 0) is 10.8 Å². The SMILES string of the molecule is CC.CC1(C)c2ccccc2C1(C)C. The smallest absolute Gasteiger partial charge is 0.000900 e. The zero-order valence-electron chi connectivity index (χ0n) is 10.3. The number of rotatable bonds is 0. The first-order valence-corrected chi connectivity index (χ1v) is 5.58. The summed E-state index contributed by atoms with van der Waals surface area (Å²) in [7, 11) is 0. The van der Waals surface area contributed by atoms with Gasteiger partial charge >= 0.3 is 0 Å². The van der Waals surface area contributed by atoms with Crippen LogP contribution < -0.4 is 0 Å². The van der Waals surface area contributed by atoms with E-state index in [1.807, 2.05) is 13.8 Å². The Bertz CT molecular complexity index is 286. The van der Waals surface area contributed by atoms with Gasteiger partial charge in [-0.1, -0.05) is 65.8 Å². The van der Waals surface area contributed by atoms with Gasteiger partial charge in [0.05, 0.1) is 0 Å². The van der Waals surface area contributed by atoms with Crippen LogP contribution in [0.1, 0.15) is 52.7 Å². The standard InChI is InChI=1S/C12H16.C2H6/c1-11(2)9-7-5-6-8-10(9)12(11,3)4;1-2/h5-8H,1-4H3;1-2H3. The third-order valence-corrected chi connectivity index (χ3v) is 3.84. The molecular weight excluding hydrogens is 168 g/mol. The lowest BCUT2D eigenvalue weighted by Crippen LogP contribution is -2.50. The molecule has 0 N–H and O–H groups in total. The zero-order chi connectivity index (χ0) is 11.0. The average Bonchev–Trinajstić information content (AvgIpc) is 2.21. The number of hydrogen-bond donors (Lipinski definition) is 0. The van der Waals surface area contributed by atoms with E-state index < -0.39 is 0 Å². The third kappa shape index (κ3) is 1.20. The van der Waals surface area contributed by atoms with E-state index in [1.54, 1.807) is 0 Å². The molecule has 0 fully saturated rings. The minimum atomic E-state index is 0.351. The lowest BCUT2D eigenvalue weighted by molar-refractivity contribution is 0.242.